The molecule has 1 aliphatic rings. The van der Waals surface area contributed by atoms with Crippen molar-refractivity contribution in [3.63, 3.8) is 0 Å². The third-order valence-corrected chi connectivity index (χ3v) is 4.56. The summed E-state index contributed by atoms with van der Waals surface area (Å²) in [4.78, 5) is 12.2. The van der Waals surface area contributed by atoms with E-state index >= 15 is 0 Å². The highest BCUT2D eigenvalue weighted by atomic mass is 35.5. The molecule has 0 radical (unpaired) electrons. The molecule has 3 rings (SSSR count). The third kappa shape index (κ3) is 4.58. The molecular formula is C18H24ClFN4O. The lowest BCUT2D eigenvalue weighted by atomic mass is 10.1. The monoisotopic (exact) mass is 366 g/mol. The summed E-state index contributed by atoms with van der Waals surface area (Å²) >= 11 is 0. The summed E-state index contributed by atoms with van der Waals surface area (Å²) in [6, 6.07) is 6.38. The molecule has 0 bridgehead atoms. The Bertz CT molecular complexity index is 710. The molecule has 1 amide bonds. The van der Waals surface area contributed by atoms with Gasteiger partial charge in [-0.15, -0.1) is 12.4 Å². The molecule has 1 aliphatic heterocycles. The van der Waals surface area contributed by atoms with Crippen LogP contribution in [0.3, 0.4) is 0 Å². The van der Waals surface area contributed by atoms with E-state index in [4.69, 9.17) is 0 Å². The minimum Gasteiger partial charge on any atom is -0.349 e. The Hall–Kier alpha value is -1.92. The summed E-state index contributed by atoms with van der Waals surface area (Å²) in [7, 11) is 0. The van der Waals surface area contributed by atoms with Gasteiger partial charge in [-0.25, -0.2) is 9.07 Å². The predicted molar refractivity (Wildman–Crippen MR) is 97.7 cm³/mol. The summed E-state index contributed by atoms with van der Waals surface area (Å²) in [6.45, 7) is 4.91. The maximum atomic E-state index is 13.1. The fourth-order valence-corrected chi connectivity index (χ4v) is 3.22. The molecule has 2 unspecified atom stereocenters. The summed E-state index contributed by atoms with van der Waals surface area (Å²) < 4.78 is 14.8. The quantitative estimate of drug-likeness (QED) is 0.855. The van der Waals surface area contributed by atoms with Gasteiger partial charge in [0.05, 0.1) is 17.9 Å². The SMILES string of the molecule is Cc1c(C(C)NC(=O)CC2CCCN2)cnn1-c1ccc(F)cc1.Cl. The topological polar surface area (TPSA) is 59.0 Å². The van der Waals surface area contributed by atoms with Gasteiger partial charge in [0.1, 0.15) is 5.82 Å². The van der Waals surface area contributed by atoms with Gasteiger partial charge in [-0.05, 0) is 57.5 Å². The number of nitrogens with one attached hydrogen (secondary N) is 2. The van der Waals surface area contributed by atoms with Crippen LogP contribution in [0.4, 0.5) is 4.39 Å². The highest BCUT2D eigenvalue weighted by Gasteiger charge is 2.20. The fourth-order valence-electron chi connectivity index (χ4n) is 3.22. The maximum absolute atomic E-state index is 13.1. The zero-order valence-corrected chi connectivity index (χ0v) is 15.3. The average Bonchev–Trinajstić information content (AvgIpc) is 3.18. The third-order valence-electron chi connectivity index (χ3n) is 4.56. The number of aromatic nitrogens is 2. The van der Waals surface area contributed by atoms with Crippen LogP contribution >= 0.6 is 12.4 Å². The molecule has 7 heteroatoms. The van der Waals surface area contributed by atoms with Gasteiger partial charge >= 0.3 is 0 Å². The number of carbonyl (C=O) groups is 1. The van der Waals surface area contributed by atoms with Crippen LogP contribution in [0, 0.1) is 12.7 Å². The summed E-state index contributed by atoms with van der Waals surface area (Å²) in [5.74, 6) is -0.222. The first-order valence-electron chi connectivity index (χ1n) is 8.38. The van der Waals surface area contributed by atoms with Crippen molar-refractivity contribution in [3.05, 3.63) is 47.5 Å². The number of benzene rings is 1. The standard InChI is InChI=1S/C18H23FN4O.ClH/c1-12(22-18(24)10-15-4-3-9-20-15)17-11-21-23(13(17)2)16-7-5-14(19)6-8-16;/h5-8,11-12,15,20H,3-4,9-10H2,1-2H3,(H,22,24);1H. The highest BCUT2D eigenvalue weighted by molar-refractivity contribution is 5.85. The summed E-state index contributed by atoms with van der Waals surface area (Å²) in [5, 5.41) is 10.8. The molecule has 136 valence electrons. The van der Waals surface area contributed by atoms with Crippen LogP contribution in [-0.2, 0) is 4.79 Å². The van der Waals surface area contributed by atoms with Gasteiger partial charge in [-0.2, -0.15) is 5.10 Å². The second-order valence-corrected chi connectivity index (χ2v) is 6.36. The zero-order valence-electron chi connectivity index (χ0n) is 14.5. The lowest BCUT2D eigenvalue weighted by Gasteiger charge is -2.16. The number of rotatable bonds is 5. The number of hydrogen-bond donors (Lipinski definition) is 2. The second kappa shape index (κ2) is 8.45. The minimum absolute atomic E-state index is 0. The Balaban J connectivity index is 0.00000225. The first kappa shape index (κ1) is 19.4. The van der Waals surface area contributed by atoms with Gasteiger partial charge in [0, 0.05) is 23.7 Å². The van der Waals surface area contributed by atoms with E-state index in [0.717, 1.165) is 36.3 Å². The van der Waals surface area contributed by atoms with Crippen molar-refractivity contribution in [2.45, 2.75) is 45.2 Å². The van der Waals surface area contributed by atoms with Crippen LogP contribution in [0.1, 0.15) is 43.5 Å². The van der Waals surface area contributed by atoms with Crippen LogP contribution in [-0.4, -0.2) is 28.3 Å². The van der Waals surface area contributed by atoms with Crippen LogP contribution in [0.15, 0.2) is 30.5 Å². The zero-order chi connectivity index (χ0) is 17.1. The van der Waals surface area contributed by atoms with Gasteiger partial charge in [0.2, 0.25) is 5.91 Å². The lowest BCUT2D eigenvalue weighted by Crippen LogP contribution is -2.33. The second-order valence-electron chi connectivity index (χ2n) is 6.36. The van der Waals surface area contributed by atoms with Gasteiger partial charge in [-0.1, -0.05) is 0 Å². The molecule has 5 nitrogen and oxygen atoms in total. The average molecular weight is 367 g/mol. The molecule has 2 N–H and O–H groups in total. The number of hydrogen-bond acceptors (Lipinski definition) is 3. The Kier molecular flexibility index (Phi) is 6.56. The van der Waals surface area contributed by atoms with E-state index in [-0.39, 0.29) is 30.2 Å². The van der Waals surface area contributed by atoms with Crippen molar-refractivity contribution in [1.82, 2.24) is 20.4 Å². The minimum atomic E-state index is -0.273. The number of nitrogens with zero attached hydrogens (tertiary/aromatic N) is 2. The number of carbonyl (C=O) groups excluding carboxylic acids is 1. The van der Waals surface area contributed by atoms with Crippen molar-refractivity contribution in [2.75, 3.05) is 6.54 Å². The van der Waals surface area contributed by atoms with Crippen LogP contribution in [0.25, 0.3) is 5.69 Å². The van der Waals surface area contributed by atoms with E-state index in [1.54, 1.807) is 23.0 Å². The molecule has 25 heavy (non-hydrogen) atoms. The number of amides is 1. The smallest absolute Gasteiger partial charge is 0.222 e. The van der Waals surface area contributed by atoms with Crippen LogP contribution in [0.2, 0.25) is 0 Å². The van der Waals surface area contributed by atoms with E-state index in [1.165, 1.54) is 12.1 Å². The van der Waals surface area contributed by atoms with Gasteiger partial charge in [-0.3, -0.25) is 4.79 Å². The Morgan fingerprint density at radius 2 is 2.16 bits per heavy atom. The molecule has 2 heterocycles. The maximum Gasteiger partial charge on any atom is 0.222 e. The Labute approximate surface area is 153 Å². The van der Waals surface area contributed by atoms with E-state index in [2.05, 4.69) is 15.7 Å². The van der Waals surface area contributed by atoms with Crippen LogP contribution in [0.5, 0.6) is 0 Å². The van der Waals surface area contributed by atoms with Crippen molar-refractivity contribution in [1.29, 1.82) is 0 Å². The highest BCUT2D eigenvalue weighted by Crippen LogP contribution is 2.21. The van der Waals surface area contributed by atoms with E-state index in [9.17, 15) is 9.18 Å². The summed E-state index contributed by atoms with van der Waals surface area (Å²) in [6.07, 6.45) is 4.47. The van der Waals surface area contributed by atoms with Crippen molar-refractivity contribution < 1.29 is 9.18 Å². The van der Waals surface area contributed by atoms with E-state index in [0.29, 0.717) is 12.5 Å². The molecule has 2 aromatic rings. The number of halogens is 2. The van der Waals surface area contributed by atoms with Gasteiger partial charge in [0.15, 0.2) is 0 Å². The molecule has 1 aromatic carbocycles. The van der Waals surface area contributed by atoms with Crippen molar-refractivity contribution in [3.8, 4) is 5.69 Å². The molecule has 0 aliphatic carbocycles. The molecular weight excluding hydrogens is 343 g/mol. The Morgan fingerprint density at radius 3 is 2.80 bits per heavy atom. The first-order chi connectivity index (χ1) is 11.5. The molecule has 1 saturated heterocycles. The van der Waals surface area contributed by atoms with E-state index in [1.807, 2.05) is 13.8 Å². The Morgan fingerprint density at radius 1 is 1.44 bits per heavy atom. The molecule has 0 saturated carbocycles. The lowest BCUT2D eigenvalue weighted by molar-refractivity contribution is -0.122. The van der Waals surface area contributed by atoms with E-state index < -0.39 is 0 Å². The van der Waals surface area contributed by atoms with Crippen LogP contribution < -0.4 is 10.6 Å². The predicted octanol–water partition coefficient (Wildman–Crippen LogP) is 3.06. The largest absolute Gasteiger partial charge is 0.349 e. The van der Waals surface area contributed by atoms with Crippen molar-refractivity contribution >= 4 is 18.3 Å². The molecule has 0 spiro atoms. The van der Waals surface area contributed by atoms with Gasteiger partial charge < -0.3 is 10.6 Å². The first-order valence-corrected chi connectivity index (χ1v) is 8.38. The molecule has 2 atom stereocenters. The fraction of sp³-hybridized carbons (Fsp3) is 0.444. The van der Waals surface area contributed by atoms with Crippen molar-refractivity contribution in [2.24, 2.45) is 0 Å². The van der Waals surface area contributed by atoms with Gasteiger partial charge in [0.25, 0.3) is 0 Å². The normalized spacial score (nSPS) is 17.8. The molecule has 1 fully saturated rings. The molecule has 1 aromatic heterocycles. The summed E-state index contributed by atoms with van der Waals surface area (Å²) in [5.41, 5.74) is 2.70.